The summed E-state index contributed by atoms with van der Waals surface area (Å²) in [5.74, 6) is 0.719. The molecule has 0 heterocycles. The fourth-order valence-corrected chi connectivity index (χ4v) is 0.973. The van der Waals surface area contributed by atoms with E-state index in [1.165, 1.54) is 6.42 Å². The van der Waals surface area contributed by atoms with Gasteiger partial charge in [0.25, 0.3) is 0 Å². The van der Waals surface area contributed by atoms with Crippen molar-refractivity contribution in [1.82, 2.24) is 5.43 Å². The second-order valence-electron chi connectivity index (χ2n) is 3.61. The van der Waals surface area contributed by atoms with Crippen molar-refractivity contribution in [1.29, 1.82) is 0 Å². The summed E-state index contributed by atoms with van der Waals surface area (Å²) in [4.78, 5) is 10.3. The number of hydrogen-bond donors (Lipinski definition) is 2. The zero-order valence-corrected chi connectivity index (χ0v) is 8.63. The van der Waals surface area contributed by atoms with Gasteiger partial charge < -0.3 is 5.73 Å². The maximum Gasteiger partial charge on any atom is 0.332 e. The molecule has 0 spiro atoms. The van der Waals surface area contributed by atoms with E-state index < -0.39 is 6.03 Å². The van der Waals surface area contributed by atoms with E-state index in [2.05, 4.69) is 24.4 Å². The van der Waals surface area contributed by atoms with Gasteiger partial charge in [-0.3, -0.25) is 0 Å². The maximum absolute atomic E-state index is 10.3. The summed E-state index contributed by atoms with van der Waals surface area (Å²) in [5, 5.41) is 3.81. The molecule has 0 aliphatic carbocycles. The van der Waals surface area contributed by atoms with Crippen molar-refractivity contribution in [3.8, 4) is 0 Å². The van der Waals surface area contributed by atoms with Crippen LogP contribution in [0.1, 0.15) is 40.0 Å². The zero-order chi connectivity index (χ0) is 10.3. The van der Waals surface area contributed by atoms with Gasteiger partial charge in [-0.05, 0) is 25.7 Å². The summed E-state index contributed by atoms with van der Waals surface area (Å²) in [7, 11) is 0. The normalized spacial score (nSPS) is 11.8. The first-order valence-electron chi connectivity index (χ1n) is 4.61. The third-order valence-electron chi connectivity index (χ3n) is 1.68. The van der Waals surface area contributed by atoms with E-state index in [-0.39, 0.29) is 0 Å². The second-order valence-corrected chi connectivity index (χ2v) is 3.61. The van der Waals surface area contributed by atoms with E-state index in [1.54, 1.807) is 0 Å². The molecular formula is C9H19N3O. The van der Waals surface area contributed by atoms with Crippen LogP contribution < -0.4 is 11.2 Å². The third kappa shape index (κ3) is 8.85. The van der Waals surface area contributed by atoms with Crippen molar-refractivity contribution >= 4 is 11.7 Å². The largest absolute Gasteiger partial charge is 0.350 e. The second kappa shape index (κ2) is 6.46. The zero-order valence-electron chi connectivity index (χ0n) is 8.63. The Morgan fingerprint density at radius 1 is 1.54 bits per heavy atom. The first-order valence-corrected chi connectivity index (χ1v) is 4.61. The Labute approximate surface area is 79.6 Å². The maximum atomic E-state index is 10.3. The van der Waals surface area contributed by atoms with Crippen LogP contribution in [0, 0.1) is 5.92 Å². The van der Waals surface area contributed by atoms with Crippen molar-refractivity contribution < 1.29 is 4.79 Å². The Balaban J connectivity index is 3.55. The highest BCUT2D eigenvalue weighted by Crippen LogP contribution is 2.06. The number of urea groups is 1. The smallest absolute Gasteiger partial charge is 0.332 e. The quantitative estimate of drug-likeness (QED) is 0.498. The van der Waals surface area contributed by atoms with Crippen LogP contribution in [-0.4, -0.2) is 11.7 Å². The number of hydrogen-bond acceptors (Lipinski definition) is 2. The summed E-state index contributed by atoms with van der Waals surface area (Å²) < 4.78 is 0. The molecule has 0 aromatic carbocycles. The molecule has 4 nitrogen and oxygen atoms in total. The average molecular weight is 185 g/mol. The molecule has 0 aromatic heterocycles. The van der Waals surface area contributed by atoms with E-state index in [1.807, 2.05) is 6.92 Å². The fraction of sp³-hybridized carbons (Fsp3) is 0.778. The van der Waals surface area contributed by atoms with Gasteiger partial charge >= 0.3 is 6.03 Å². The lowest BCUT2D eigenvalue weighted by molar-refractivity contribution is 0.249. The van der Waals surface area contributed by atoms with Crippen molar-refractivity contribution in [3.63, 3.8) is 0 Å². The molecule has 0 radical (unpaired) electrons. The Kier molecular flexibility index (Phi) is 5.93. The molecule has 0 aliphatic rings. The van der Waals surface area contributed by atoms with Gasteiger partial charge in [-0.1, -0.05) is 20.3 Å². The molecule has 0 unspecified atom stereocenters. The standard InChI is InChI=1S/C9H19N3O/c1-7(2)5-4-6-8(3)11-12-9(10)13/h7H,4-6H2,1-3H3,(H3,10,12,13). The highest BCUT2D eigenvalue weighted by atomic mass is 16.2. The SMILES string of the molecule is CC(CCCC(C)C)=NNC(N)=O. The predicted octanol–water partition coefficient (Wildman–Crippen LogP) is 1.86. The molecule has 0 saturated heterocycles. The highest BCUT2D eigenvalue weighted by Gasteiger charge is 1.96. The molecule has 76 valence electrons. The predicted molar refractivity (Wildman–Crippen MR) is 54.5 cm³/mol. The molecule has 2 amide bonds. The number of nitrogens with one attached hydrogen (secondary N) is 1. The third-order valence-corrected chi connectivity index (χ3v) is 1.68. The molecule has 4 heteroatoms. The van der Waals surface area contributed by atoms with Gasteiger partial charge in [-0.2, -0.15) is 5.10 Å². The number of amides is 2. The molecule has 0 saturated carbocycles. The molecule has 0 aromatic rings. The highest BCUT2D eigenvalue weighted by molar-refractivity contribution is 5.83. The lowest BCUT2D eigenvalue weighted by atomic mass is 10.1. The number of nitrogens with zero attached hydrogens (tertiary/aromatic N) is 1. The minimum atomic E-state index is -0.608. The lowest BCUT2D eigenvalue weighted by Crippen LogP contribution is -2.25. The van der Waals surface area contributed by atoms with Gasteiger partial charge in [0.15, 0.2) is 0 Å². The molecule has 0 atom stereocenters. The van der Waals surface area contributed by atoms with Crippen LogP contribution in [0.3, 0.4) is 0 Å². The van der Waals surface area contributed by atoms with Gasteiger partial charge in [0.05, 0.1) is 0 Å². The van der Waals surface area contributed by atoms with Crippen LogP contribution in [0.5, 0.6) is 0 Å². The summed E-state index contributed by atoms with van der Waals surface area (Å²) in [6.07, 6.45) is 3.20. The van der Waals surface area contributed by atoms with Gasteiger partial charge in [0.2, 0.25) is 0 Å². The van der Waals surface area contributed by atoms with Gasteiger partial charge in [-0.25, -0.2) is 10.2 Å². The van der Waals surface area contributed by atoms with Crippen LogP contribution in [0.4, 0.5) is 4.79 Å². The number of carbonyl (C=O) groups is 1. The summed E-state index contributed by atoms with van der Waals surface area (Å²) >= 11 is 0. The summed E-state index contributed by atoms with van der Waals surface area (Å²) in [6.45, 7) is 6.26. The van der Waals surface area contributed by atoms with Crippen LogP contribution in [0.25, 0.3) is 0 Å². The first kappa shape index (κ1) is 11.9. The number of nitrogens with two attached hydrogens (primary N) is 1. The van der Waals surface area contributed by atoms with Gasteiger partial charge in [-0.15, -0.1) is 0 Å². The van der Waals surface area contributed by atoms with Crippen molar-refractivity contribution in [3.05, 3.63) is 0 Å². The molecule has 0 rings (SSSR count). The minimum Gasteiger partial charge on any atom is -0.350 e. The van der Waals surface area contributed by atoms with E-state index in [0.717, 1.165) is 24.5 Å². The minimum absolute atomic E-state index is 0.608. The lowest BCUT2D eigenvalue weighted by Gasteiger charge is -2.03. The van der Waals surface area contributed by atoms with Crippen LogP contribution in [0.2, 0.25) is 0 Å². The number of rotatable bonds is 5. The molecule has 13 heavy (non-hydrogen) atoms. The molecule has 0 fully saturated rings. The van der Waals surface area contributed by atoms with Crippen LogP contribution in [0.15, 0.2) is 5.10 Å². The van der Waals surface area contributed by atoms with Crippen molar-refractivity contribution in [2.24, 2.45) is 16.8 Å². The first-order chi connectivity index (χ1) is 6.02. The van der Waals surface area contributed by atoms with E-state index >= 15 is 0 Å². The van der Waals surface area contributed by atoms with Crippen LogP contribution >= 0.6 is 0 Å². The molecule has 0 bridgehead atoms. The number of primary amides is 1. The summed E-state index contributed by atoms with van der Waals surface area (Å²) in [6, 6.07) is -0.608. The molecule has 0 aliphatic heterocycles. The Morgan fingerprint density at radius 3 is 2.62 bits per heavy atom. The average Bonchev–Trinajstić information content (AvgIpc) is 2.00. The molecular weight excluding hydrogens is 166 g/mol. The van der Waals surface area contributed by atoms with Crippen LogP contribution in [-0.2, 0) is 0 Å². The van der Waals surface area contributed by atoms with Gasteiger partial charge in [0, 0.05) is 5.71 Å². The topological polar surface area (TPSA) is 67.5 Å². The molecule has 3 N–H and O–H groups in total. The van der Waals surface area contributed by atoms with Gasteiger partial charge in [0.1, 0.15) is 0 Å². The fourth-order valence-electron chi connectivity index (χ4n) is 0.973. The summed E-state index contributed by atoms with van der Waals surface area (Å²) in [5.41, 5.74) is 7.99. The number of hydrazone groups is 1. The van der Waals surface area contributed by atoms with Crippen molar-refractivity contribution in [2.75, 3.05) is 0 Å². The Morgan fingerprint density at radius 2 is 2.15 bits per heavy atom. The van der Waals surface area contributed by atoms with Crippen molar-refractivity contribution in [2.45, 2.75) is 40.0 Å². The monoisotopic (exact) mass is 185 g/mol. The van der Waals surface area contributed by atoms with E-state index in [0.29, 0.717) is 0 Å². The van der Waals surface area contributed by atoms with E-state index in [4.69, 9.17) is 5.73 Å². The Hall–Kier alpha value is -1.06. The number of carbonyl (C=O) groups excluding carboxylic acids is 1. The Bertz CT molecular complexity index is 187. The van der Waals surface area contributed by atoms with E-state index in [9.17, 15) is 4.79 Å².